The summed E-state index contributed by atoms with van der Waals surface area (Å²) in [5.41, 5.74) is 0.985. The first-order chi connectivity index (χ1) is 15.3. The molecule has 4 rings (SSSR count). The van der Waals surface area contributed by atoms with Crippen LogP contribution in [0.1, 0.15) is 37.3 Å². The van der Waals surface area contributed by atoms with Crippen LogP contribution in [-0.4, -0.2) is 21.6 Å². The van der Waals surface area contributed by atoms with Crippen LogP contribution in [0.3, 0.4) is 0 Å². The topological polar surface area (TPSA) is 104 Å². The Balaban J connectivity index is 1.91. The zero-order valence-electron chi connectivity index (χ0n) is 17.5. The van der Waals surface area contributed by atoms with Crippen molar-refractivity contribution in [2.75, 3.05) is 0 Å². The molecule has 1 unspecified atom stereocenters. The molecule has 10 heteroatoms. The number of rotatable bonds is 5. The zero-order chi connectivity index (χ0) is 23.0. The fourth-order valence-corrected chi connectivity index (χ4v) is 5.33. The number of benzene rings is 1. The highest BCUT2D eigenvalue weighted by Gasteiger charge is 2.34. The molecular formula is C22H19N3O5S2. The number of nitro benzene ring substituents is 1. The summed E-state index contributed by atoms with van der Waals surface area (Å²) in [7, 11) is 0. The number of allylic oxidation sites excluding steroid dienone is 1. The van der Waals surface area contributed by atoms with E-state index in [1.807, 2.05) is 17.5 Å². The van der Waals surface area contributed by atoms with E-state index in [4.69, 9.17) is 4.74 Å². The predicted molar refractivity (Wildman–Crippen MR) is 122 cm³/mol. The summed E-state index contributed by atoms with van der Waals surface area (Å²) in [6.45, 7) is 5.26. The molecule has 1 atom stereocenters. The van der Waals surface area contributed by atoms with Crippen LogP contribution >= 0.6 is 22.7 Å². The first-order valence-corrected chi connectivity index (χ1v) is 11.5. The predicted octanol–water partition coefficient (Wildman–Crippen LogP) is 3.16. The Labute approximate surface area is 190 Å². The quantitative estimate of drug-likeness (QED) is 0.324. The molecule has 0 fully saturated rings. The summed E-state index contributed by atoms with van der Waals surface area (Å²) in [5.74, 6) is -0.507. The summed E-state index contributed by atoms with van der Waals surface area (Å²) in [6.07, 6.45) is 1.29. The molecule has 3 aromatic rings. The number of nitro groups is 1. The lowest BCUT2D eigenvalue weighted by molar-refractivity contribution is -0.384. The lowest BCUT2D eigenvalue weighted by Gasteiger charge is -2.24. The number of aromatic nitrogens is 1. The molecule has 1 aromatic carbocycles. The van der Waals surface area contributed by atoms with Crippen molar-refractivity contribution >= 4 is 40.4 Å². The van der Waals surface area contributed by atoms with Gasteiger partial charge in [-0.15, -0.1) is 11.3 Å². The van der Waals surface area contributed by atoms with Gasteiger partial charge in [-0.2, -0.15) is 0 Å². The highest BCUT2D eigenvalue weighted by molar-refractivity contribution is 7.10. The smallest absolute Gasteiger partial charge is 0.338 e. The summed E-state index contributed by atoms with van der Waals surface area (Å²) in [5, 5.41) is 13.0. The van der Waals surface area contributed by atoms with E-state index in [-0.39, 0.29) is 17.4 Å². The number of ether oxygens (including phenoxy) is 1. The summed E-state index contributed by atoms with van der Waals surface area (Å²) in [4.78, 5) is 42.7. The molecule has 3 heterocycles. The number of carbonyl (C=O) groups is 1. The normalized spacial score (nSPS) is 16.1. The molecule has 0 bridgehead atoms. The van der Waals surface area contributed by atoms with Crippen molar-refractivity contribution in [1.29, 1.82) is 0 Å². The van der Waals surface area contributed by atoms with E-state index in [1.54, 1.807) is 39.0 Å². The number of fused-ring (bicyclic) bond motifs is 1. The monoisotopic (exact) mass is 469 g/mol. The average Bonchev–Trinajstić information content (AvgIpc) is 3.35. The van der Waals surface area contributed by atoms with Gasteiger partial charge < -0.3 is 4.74 Å². The maximum Gasteiger partial charge on any atom is 0.338 e. The summed E-state index contributed by atoms with van der Waals surface area (Å²) in [6, 6.07) is 9.15. The van der Waals surface area contributed by atoms with Gasteiger partial charge in [-0.05, 0) is 43.9 Å². The maximum atomic E-state index is 13.4. The van der Waals surface area contributed by atoms with Crippen LogP contribution in [0.5, 0.6) is 0 Å². The highest BCUT2D eigenvalue weighted by atomic mass is 32.1. The molecule has 0 amide bonds. The van der Waals surface area contributed by atoms with Gasteiger partial charge in [-0.3, -0.25) is 19.5 Å². The Bertz CT molecular complexity index is 1410. The Kier molecular flexibility index (Phi) is 5.90. The Morgan fingerprint density at radius 1 is 1.31 bits per heavy atom. The van der Waals surface area contributed by atoms with Crippen LogP contribution in [0.15, 0.2) is 62.8 Å². The fourth-order valence-electron chi connectivity index (χ4n) is 3.46. The van der Waals surface area contributed by atoms with Gasteiger partial charge in [-0.1, -0.05) is 29.5 Å². The van der Waals surface area contributed by atoms with Gasteiger partial charge in [-0.25, -0.2) is 9.79 Å². The van der Waals surface area contributed by atoms with Crippen molar-refractivity contribution in [1.82, 2.24) is 4.57 Å². The van der Waals surface area contributed by atoms with E-state index in [0.717, 1.165) is 4.88 Å². The van der Waals surface area contributed by atoms with E-state index < -0.39 is 16.9 Å². The number of hydrogen-bond donors (Lipinski definition) is 0. The third-order valence-corrected chi connectivity index (χ3v) is 6.68. The van der Waals surface area contributed by atoms with Crippen LogP contribution < -0.4 is 14.9 Å². The van der Waals surface area contributed by atoms with Gasteiger partial charge in [0.05, 0.1) is 26.8 Å². The largest absolute Gasteiger partial charge is 0.459 e. The summed E-state index contributed by atoms with van der Waals surface area (Å²) < 4.78 is 7.32. The fraction of sp³-hybridized carbons (Fsp3) is 0.227. The third kappa shape index (κ3) is 4.06. The molecule has 8 nitrogen and oxygen atoms in total. The Morgan fingerprint density at radius 2 is 2.09 bits per heavy atom. The van der Waals surface area contributed by atoms with Crippen LogP contribution in [-0.2, 0) is 9.53 Å². The van der Waals surface area contributed by atoms with Crippen molar-refractivity contribution in [3.63, 3.8) is 0 Å². The second-order valence-corrected chi connectivity index (χ2v) is 9.39. The molecule has 1 aliphatic heterocycles. The molecule has 2 aromatic heterocycles. The number of hydrogen-bond acceptors (Lipinski definition) is 8. The molecular weight excluding hydrogens is 450 g/mol. The molecule has 164 valence electrons. The van der Waals surface area contributed by atoms with E-state index in [9.17, 15) is 19.7 Å². The first kappa shape index (κ1) is 21.8. The van der Waals surface area contributed by atoms with E-state index in [1.165, 1.54) is 39.4 Å². The number of thiophene rings is 1. The molecule has 0 radical (unpaired) electrons. The Morgan fingerprint density at radius 3 is 2.75 bits per heavy atom. The van der Waals surface area contributed by atoms with Crippen molar-refractivity contribution in [2.45, 2.75) is 32.9 Å². The minimum atomic E-state index is -0.648. The minimum absolute atomic E-state index is 0.0578. The van der Waals surface area contributed by atoms with Crippen LogP contribution in [0.2, 0.25) is 0 Å². The molecule has 32 heavy (non-hydrogen) atoms. The van der Waals surface area contributed by atoms with Gasteiger partial charge in [0, 0.05) is 17.0 Å². The third-order valence-electron chi connectivity index (χ3n) is 4.78. The van der Waals surface area contributed by atoms with E-state index in [0.29, 0.717) is 26.2 Å². The van der Waals surface area contributed by atoms with Crippen LogP contribution in [0.25, 0.3) is 6.08 Å². The number of esters is 1. The van der Waals surface area contributed by atoms with Crippen molar-refractivity contribution < 1.29 is 14.5 Å². The van der Waals surface area contributed by atoms with Gasteiger partial charge in [0.15, 0.2) is 4.80 Å². The van der Waals surface area contributed by atoms with Gasteiger partial charge >= 0.3 is 5.97 Å². The second-order valence-electron chi connectivity index (χ2n) is 7.40. The Hall–Kier alpha value is -3.37. The number of nitrogens with zero attached hydrogens (tertiary/aromatic N) is 3. The second kappa shape index (κ2) is 8.64. The lowest BCUT2D eigenvalue weighted by atomic mass is 10.0. The standard InChI is InChI=1S/C22H19N3O5S2/c1-12(2)30-21(27)18-13(3)23-22-24(19(18)16-8-5-9-31-16)20(26)17(32-22)11-14-6-4-7-15(10-14)25(28)29/h4-12,19H,1-3H3/b17-11+. The van der Waals surface area contributed by atoms with E-state index in [2.05, 4.69) is 4.99 Å². The number of carbonyl (C=O) groups excluding carboxylic acids is 1. The highest BCUT2D eigenvalue weighted by Crippen LogP contribution is 2.33. The molecule has 0 aliphatic carbocycles. The lowest BCUT2D eigenvalue weighted by Crippen LogP contribution is -2.39. The van der Waals surface area contributed by atoms with Gasteiger partial charge in [0.25, 0.3) is 11.2 Å². The van der Waals surface area contributed by atoms with Crippen molar-refractivity contribution in [3.05, 3.63) is 93.3 Å². The summed E-state index contributed by atoms with van der Waals surface area (Å²) >= 11 is 2.62. The maximum absolute atomic E-state index is 13.4. The molecule has 0 N–H and O–H groups in total. The van der Waals surface area contributed by atoms with Gasteiger partial charge in [0.2, 0.25) is 0 Å². The molecule has 0 spiro atoms. The van der Waals surface area contributed by atoms with Crippen LogP contribution in [0, 0.1) is 10.1 Å². The minimum Gasteiger partial charge on any atom is -0.459 e. The van der Waals surface area contributed by atoms with E-state index >= 15 is 0 Å². The average molecular weight is 470 g/mol. The zero-order valence-corrected chi connectivity index (χ0v) is 19.1. The van der Waals surface area contributed by atoms with Crippen LogP contribution in [0.4, 0.5) is 5.69 Å². The molecule has 0 saturated carbocycles. The van der Waals surface area contributed by atoms with Crippen molar-refractivity contribution in [3.8, 4) is 0 Å². The first-order valence-electron chi connectivity index (χ1n) is 9.77. The molecule has 1 aliphatic rings. The van der Waals surface area contributed by atoms with Gasteiger partial charge in [0.1, 0.15) is 6.04 Å². The van der Waals surface area contributed by atoms with Crippen molar-refractivity contribution in [2.24, 2.45) is 4.99 Å². The molecule has 0 saturated heterocycles. The number of non-ortho nitro benzene ring substituents is 1. The SMILES string of the molecule is CC1=C(C(=O)OC(C)C)C(c2cccs2)n2c(s/c(=C/c3cccc([N+](=O)[O-])c3)c2=O)=N1. The number of thiazole rings is 1.